The van der Waals surface area contributed by atoms with Gasteiger partial charge in [-0.15, -0.1) is 11.3 Å². The standard InChI is InChI=1S/C14H19N3OS/c1-3-4-7-17-14(18)11(10(2)15)9-12(16-17)13-6-5-8-19-13/h5-6,8-10H,3-4,7,15H2,1-2H3. The first-order valence-electron chi connectivity index (χ1n) is 6.55. The van der Waals surface area contributed by atoms with Gasteiger partial charge in [0.25, 0.3) is 5.56 Å². The zero-order valence-corrected chi connectivity index (χ0v) is 12.1. The summed E-state index contributed by atoms with van der Waals surface area (Å²) in [6.45, 7) is 4.58. The van der Waals surface area contributed by atoms with Crippen LogP contribution in [0.4, 0.5) is 0 Å². The number of rotatable bonds is 5. The Morgan fingerprint density at radius 3 is 2.89 bits per heavy atom. The number of nitrogens with zero attached hydrogens (tertiary/aromatic N) is 2. The van der Waals surface area contributed by atoms with Crippen LogP contribution in [0.3, 0.4) is 0 Å². The van der Waals surface area contributed by atoms with E-state index in [1.165, 1.54) is 0 Å². The molecular weight excluding hydrogens is 258 g/mol. The Balaban J connectivity index is 2.51. The summed E-state index contributed by atoms with van der Waals surface area (Å²) >= 11 is 1.62. The van der Waals surface area contributed by atoms with Crippen LogP contribution < -0.4 is 11.3 Å². The first-order chi connectivity index (χ1) is 9.13. The van der Waals surface area contributed by atoms with Gasteiger partial charge in [-0.05, 0) is 30.9 Å². The Hall–Kier alpha value is -1.46. The van der Waals surface area contributed by atoms with Crippen LogP contribution in [0.25, 0.3) is 10.6 Å². The maximum atomic E-state index is 12.3. The fourth-order valence-electron chi connectivity index (χ4n) is 1.89. The fraction of sp³-hybridized carbons (Fsp3) is 0.429. The second kappa shape index (κ2) is 6.12. The Bertz CT molecular complexity index is 587. The molecule has 2 N–H and O–H groups in total. The molecular formula is C14H19N3OS. The van der Waals surface area contributed by atoms with Crippen LogP contribution in [-0.2, 0) is 6.54 Å². The van der Waals surface area contributed by atoms with E-state index in [0.29, 0.717) is 12.1 Å². The molecule has 0 spiro atoms. The molecule has 102 valence electrons. The molecule has 0 saturated heterocycles. The second-order valence-electron chi connectivity index (χ2n) is 4.63. The minimum atomic E-state index is -0.276. The van der Waals surface area contributed by atoms with E-state index < -0.39 is 0 Å². The number of thiophene rings is 1. The van der Waals surface area contributed by atoms with Gasteiger partial charge < -0.3 is 5.73 Å². The summed E-state index contributed by atoms with van der Waals surface area (Å²) in [6, 6.07) is 5.53. The molecule has 4 nitrogen and oxygen atoms in total. The SMILES string of the molecule is CCCCn1nc(-c2cccs2)cc(C(C)N)c1=O. The van der Waals surface area contributed by atoms with Gasteiger partial charge in [-0.3, -0.25) is 4.79 Å². The van der Waals surface area contributed by atoms with Crippen LogP contribution in [0.1, 0.15) is 38.3 Å². The van der Waals surface area contributed by atoms with E-state index in [2.05, 4.69) is 12.0 Å². The van der Waals surface area contributed by atoms with Gasteiger partial charge in [0.1, 0.15) is 5.69 Å². The monoisotopic (exact) mass is 277 g/mol. The van der Waals surface area contributed by atoms with Crippen molar-refractivity contribution in [2.45, 2.75) is 39.3 Å². The van der Waals surface area contributed by atoms with Crippen LogP contribution in [0.15, 0.2) is 28.4 Å². The molecule has 0 aromatic carbocycles. The van der Waals surface area contributed by atoms with Crippen molar-refractivity contribution in [3.63, 3.8) is 0 Å². The molecule has 0 aliphatic carbocycles. The highest BCUT2D eigenvalue weighted by Gasteiger charge is 2.13. The van der Waals surface area contributed by atoms with Crippen LogP contribution in [0, 0.1) is 0 Å². The third-order valence-electron chi connectivity index (χ3n) is 2.99. The van der Waals surface area contributed by atoms with Gasteiger partial charge in [-0.25, -0.2) is 4.68 Å². The predicted molar refractivity (Wildman–Crippen MR) is 79.3 cm³/mol. The van der Waals surface area contributed by atoms with Gasteiger partial charge in [0.05, 0.1) is 4.88 Å². The molecule has 0 radical (unpaired) electrons. The Kier molecular flexibility index (Phi) is 4.50. The van der Waals surface area contributed by atoms with Crippen molar-refractivity contribution >= 4 is 11.3 Å². The highest BCUT2D eigenvalue weighted by molar-refractivity contribution is 7.13. The van der Waals surface area contributed by atoms with E-state index in [0.717, 1.165) is 23.4 Å². The molecule has 2 rings (SSSR count). The lowest BCUT2D eigenvalue weighted by Gasteiger charge is -2.11. The van der Waals surface area contributed by atoms with E-state index >= 15 is 0 Å². The average molecular weight is 277 g/mol. The summed E-state index contributed by atoms with van der Waals surface area (Å²) in [5.74, 6) is 0. The van der Waals surface area contributed by atoms with Crippen molar-refractivity contribution in [1.82, 2.24) is 9.78 Å². The molecule has 19 heavy (non-hydrogen) atoms. The van der Waals surface area contributed by atoms with Gasteiger partial charge in [-0.2, -0.15) is 5.10 Å². The lowest BCUT2D eigenvalue weighted by atomic mass is 10.1. The molecule has 2 heterocycles. The van der Waals surface area contributed by atoms with Gasteiger partial charge in [0.15, 0.2) is 0 Å². The average Bonchev–Trinajstić information content (AvgIpc) is 2.91. The molecule has 2 aromatic heterocycles. The summed E-state index contributed by atoms with van der Waals surface area (Å²) in [4.78, 5) is 13.3. The molecule has 0 aliphatic heterocycles. The number of aromatic nitrogens is 2. The van der Waals surface area contributed by atoms with Crippen molar-refractivity contribution in [2.24, 2.45) is 5.73 Å². The number of unbranched alkanes of at least 4 members (excludes halogenated alkanes) is 1. The molecule has 0 aliphatic rings. The summed E-state index contributed by atoms with van der Waals surface area (Å²) in [5.41, 5.74) is 7.30. The Labute approximate surface area is 116 Å². The number of hydrogen-bond donors (Lipinski definition) is 1. The predicted octanol–water partition coefficient (Wildman–Crippen LogP) is 2.79. The molecule has 1 atom stereocenters. The lowest BCUT2D eigenvalue weighted by molar-refractivity contribution is 0.536. The summed E-state index contributed by atoms with van der Waals surface area (Å²) < 4.78 is 1.55. The lowest BCUT2D eigenvalue weighted by Crippen LogP contribution is -2.29. The minimum Gasteiger partial charge on any atom is -0.324 e. The van der Waals surface area contributed by atoms with Crippen molar-refractivity contribution in [1.29, 1.82) is 0 Å². The fourth-order valence-corrected chi connectivity index (χ4v) is 2.57. The third-order valence-corrected chi connectivity index (χ3v) is 3.88. The number of aryl methyl sites for hydroxylation is 1. The topological polar surface area (TPSA) is 60.9 Å². The first-order valence-corrected chi connectivity index (χ1v) is 7.43. The van der Waals surface area contributed by atoms with Gasteiger partial charge in [-0.1, -0.05) is 19.4 Å². The molecule has 2 aromatic rings. The highest BCUT2D eigenvalue weighted by atomic mass is 32.1. The van der Waals surface area contributed by atoms with E-state index in [-0.39, 0.29) is 11.6 Å². The van der Waals surface area contributed by atoms with E-state index in [1.807, 2.05) is 30.5 Å². The van der Waals surface area contributed by atoms with Crippen molar-refractivity contribution in [2.75, 3.05) is 0 Å². The quantitative estimate of drug-likeness (QED) is 0.914. The maximum Gasteiger partial charge on any atom is 0.271 e. The van der Waals surface area contributed by atoms with Crippen LogP contribution in [0.2, 0.25) is 0 Å². The Morgan fingerprint density at radius 2 is 2.32 bits per heavy atom. The smallest absolute Gasteiger partial charge is 0.271 e. The largest absolute Gasteiger partial charge is 0.324 e. The summed E-state index contributed by atoms with van der Waals surface area (Å²) in [6.07, 6.45) is 1.98. The van der Waals surface area contributed by atoms with Gasteiger partial charge in [0.2, 0.25) is 0 Å². The minimum absolute atomic E-state index is 0.0660. The number of hydrogen-bond acceptors (Lipinski definition) is 4. The molecule has 0 amide bonds. The molecule has 1 unspecified atom stereocenters. The number of nitrogens with two attached hydrogens (primary N) is 1. The van der Waals surface area contributed by atoms with Crippen LogP contribution in [0.5, 0.6) is 0 Å². The van der Waals surface area contributed by atoms with E-state index in [1.54, 1.807) is 16.0 Å². The molecule has 5 heteroatoms. The van der Waals surface area contributed by atoms with Crippen molar-refractivity contribution < 1.29 is 0 Å². The van der Waals surface area contributed by atoms with Crippen molar-refractivity contribution in [3.8, 4) is 10.6 Å². The van der Waals surface area contributed by atoms with Gasteiger partial charge >= 0.3 is 0 Å². The second-order valence-corrected chi connectivity index (χ2v) is 5.58. The zero-order valence-electron chi connectivity index (χ0n) is 11.3. The van der Waals surface area contributed by atoms with Crippen LogP contribution >= 0.6 is 11.3 Å². The highest BCUT2D eigenvalue weighted by Crippen LogP contribution is 2.23. The maximum absolute atomic E-state index is 12.3. The van der Waals surface area contributed by atoms with E-state index in [4.69, 9.17) is 5.73 Å². The van der Waals surface area contributed by atoms with Crippen LogP contribution in [-0.4, -0.2) is 9.78 Å². The zero-order chi connectivity index (χ0) is 13.8. The summed E-state index contributed by atoms with van der Waals surface area (Å²) in [7, 11) is 0. The normalized spacial score (nSPS) is 12.6. The van der Waals surface area contributed by atoms with Crippen molar-refractivity contribution in [3.05, 3.63) is 39.5 Å². The van der Waals surface area contributed by atoms with Gasteiger partial charge in [0, 0.05) is 18.2 Å². The third kappa shape index (κ3) is 3.11. The van der Waals surface area contributed by atoms with E-state index in [9.17, 15) is 4.79 Å². The summed E-state index contributed by atoms with van der Waals surface area (Å²) in [5, 5.41) is 6.46. The molecule has 0 bridgehead atoms. The Morgan fingerprint density at radius 1 is 1.53 bits per heavy atom. The molecule has 0 fully saturated rings. The molecule has 0 saturated carbocycles. The first kappa shape index (κ1) is 14.0.